The number of aromatic carboxylic acids is 1. The summed E-state index contributed by atoms with van der Waals surface area (Å²) < 4.78 is 17.1. The average molecular weight is 607 g/mol. The number of ether oxygens (including phenoxy) is 2. The number of carbonyl (C=O) groups is 1. The van der Waals surface area contributed by atoms with E-state index < -0.39 is 5.97 Å². The van der Waals surface area contributed by atoms with E-state index in [9.17, 15) is 9.90 Å². The molecule has 1 N–H and O–H groups in total. The summed E-state index contributed by atoms with van der Waals surface area (Å²) >= 11 is 12.9. The predicted molar refractivity (Wildman–Crippen MR) is 160 cm³/mol. The molecule has 0 bridgehead atoms. The minimum Gasteiger partial charge on any atom is -0.485 e. The predicted octanol–water partition coefficient (Wildman–Crippen LogP) is 6.87. The molecule has 2 saturated heterocycles. The van der Waals surface area contributed by atoms with Gasteiger partial charge in [-0.05, 0) is 49.8 Å². The molecular formula is C31H28Cl2N4O5. The Hall–Kier alpha value is -3.66. The van der Waals surface area contributed by atoms with E-state index in [1.165, 1.54) is 6.07 Å². The van der Waals surface area contributed by atoms with Gasteiger partial charge >= 0.3 is 5.97 Å². The number of benzene rings is 1. The number of carboxylic acid groups (broad SMARTS) is 1. The van der Waals surface area contributed by atoms with Crippen LogP contribution in [-0.2, 0) is 4.74 Å². The van der Waals surface area contributed by atoms with Crippen molar-refractivity contribution >= 4 is 51.8 Å². The first-order chi connectivity index (χ1) is 20.4. The summed E-state index contributed by atoms with van der Waals surface area (Å²) in [6.07, 6.45) is 11.6. The summed E-state index contributed by atoms with van der Waals surface area (Å²) in [5.41, 5.74) is 3.87. The number of pyridine rings is 2. The van der Waals surface area contributed by atoms with Crippen molar-refractivity contribution in [2.24, 2.45) is 5.92 Å². The summed E-state index contributed by atoms with van der Waals surface area (Å²) in [7, 11) is 0. The van der Waals surface area contributed by atoms with Gasteiger partial charge in [0.25, 0.3) is 0 Å². The summed E-state index contributed by atoms with van der Waals surface area (Å²) in [4.78, 5) is 22.4. The van der Waals surface area contributed by atoms with Crippen LogP contribution < -0.4 is 9.64 Å². The van der Waals surface area contributed by atoms with E-state index in [0.29, 0.717) is 57.6 Å². The van der Waals surface area contributed by atoms with Crippen molar-refractivity contribution in [3.8, 4) is 17.0 Å². The number of carboxylic acids is 1. The van der Waals surface area contributed by atoms with Gasteiger partial charge in [0.1, 0.15) is 23.3 Å². The van der Waals surface area contributed by atoms with Crippen LogP contribution in [0.15, 0.2) is 47.3 Å². The van der Waals surface area contributed by atoms with E-state index >= 15 is 0 Å². The van der Waals surface area contributed by atoms with Crippen molar-refractivity contribution in [1.82, 2.24) is 15.1 Å². The number of rotatable bonds is 8. The van der Waals surface area contributed by atoms with Gasteiger partial charge in [-0.15, -0.1) is 0 Å². The SMILES string of the molecule is O=C(O)c1cc(OC2COC2)c2cc(N3CCC(/C=C/c4c(-c5c(Cl)cncc5Cl)noc4C4CC4)CC3)ccc2n1. The molecule has 11 heteroatoms. The summed E-state index contributed by atoms with van der Waals surface area (Å²) in [6, 6.07) is 7.42. The van der Waals surface area contributed by atoms with Gasteiger partial charge in [-0.1, -0.05) is 40.5 Å². The van der Waals surface area contributed by atoms with Crippen molar-refractivity contribution in [2.45, 2.75) is 37.7 Å². The summed E-state index contributed by atoms with van der Waals surface area (Å²) in [6.45, 7) is 2.74. The van der Waals surface area contributed by atoms with Crippen molar-refractivity contribution in [3.63, 3.8) is 0 Å². The van der Waals surface area contributed by atoms with Crippen LogP contribution in [0, 0.1) is 5.92 Å². The molecule has 3 aliphatic rings. The molecule has 0 atom stereocenters. The maximum atomic E-state index is 11.6. The van der Waals surface area contributed by atoms with Gasteiger partial charge in [-0.3, -0.25) is 4.98 Å². The fourth-order valence-electron chi connectivity index (χ4n) is 5.56. The number of hydrogen-bond acceptors (Lipinski definition) is 8. The van der Waals surface area contributed by atoms with Crippen molar-refractivity contribution in [2.75, 3.05) is 31.2 Å². The zero-order valence-corrected chi connectivity index (χ0v) is 24.1. The molecule has 42 heavy (non-hydrogen) atoms. The molecule has 9 nitrogen and oxygen atoms in total. The summed E-state index contributed by atoms with van der Waals surface area (Å²) in [5.74, 6) is 1.10. The van der Waals surface area contributed by atoms with Crippen molar-refractivity contribution in [3.05, 3.63) is 69.8 Å². The first kappa shape index (κ1) is 27.2. The van der Waals surface area contributed by atoms with Crippen molar-refractivity contribution < 1.29 is 23.9 Å². The standard InChI is InChI=1S/C31H28Cl2N4O5/c32-23-13-34-14-24(33)28(23)29-21(30(42-36-29)18-2-3-18)5-1-17-7-9-37(10-8-17)19-4-6-25-22(11-19)27(41-20-15-40-16-20)12-26(35-25)31(38)39/h1,4-6,11-14,17-18,20H,2-3,7-10,15-16H2,(H,38,39)/b5-1+. The molecule has 216 valence electrons. The highest BCUT2D eigenvalue weighted by molar-refractivity contribution is 6.39. The maximum absolute atomic E-state index is 11.6. The molecule has 3 aromatic heterocycles. The van der Waals surface area contributed by atoms with E-state index in [2.05, 4.69) is 32.2 Å². The highest BCUT2D eigenvalue weighted by Gasteiger charge is 2.33. The Kier molecular flexibility index (Phi) is 7.25. The third-order valence-corrected chi connectivity index (χ3v) is 8.68. The van der Waals surface area contributed by atoms with Crippen LogP contribution in [0.4, 0.5) is 5.69 Å². The van der Waals surface area contributed by atoms with E-state index in [-0.39, 0.29) is 11.8 Å². The Bertz CT molecular complexity index is 1670. The topological polar surface area (TPSA) is 111 Å². The van der Waals surface area contributed by atoms with Gasteiger partial charge in [0.15, 0.2) is 5.69 Å². The molecule has 1 aliphatic carbocycles. The number of hydrogen-bond donors (Lipinski definition) is 1. The minimum atomic E-state index is -1.08. The second-order valence-electron chi connectivity index (χ2n) is 11.0. The first-order valence-corrected chi connectivity index (χ1v) is 14.8. The Balaban J connectivity index is 1.10. The Morgan fingerprint density at radius 2 is 1.83 bits per heavy atom. The van der Waals surface area contributed by atoms with Crippen LogP contribution in [0.25, 0.3) is 28.2 Å². The van der Waals surface area contributed by atoms with E-state index in [4.69, 9.17) is 37.2 Å². The van der Waals surface area contributed by atoms with Crippen LogP contribution in [0.3, 0.4) is 0 Å². The molecule has 1 saturated carbocycles. The Morgan fingerprint density at radius 1 is 1.07 bits per heavy atom. The van der Waals surface area contributed by atoms with Gasteiger partial charge in [-0.25, -0.2) is 9.78 Å². The monoisotopic (exact) mass is 606 g/mol. The van der Waals surface area contributed by atoms with E-state index in [1.54, 1.807) is 12.4 Å². The fourth-order valence-corrected chi connectivity index (χ4v) is 6.10. The second-order valence-corrected chi connectivity index (χ2v) is 11.8. The van der Waals surface area contributed by atoms with Crippen molar-refractivity contribution in [1.29, 1.82) is 0 Å². The molecule has 2 aliphatic heterocycles. The maximum Gasteiger partial charge on any atom is 0.354 e. The zero-order chi connectivity index (χ0) is 28.8. The van der Waals surface area contributed by atoms with Crippen LogP contribution in [0.2, 0.25) is 10.0 Å². The van der Waals surface area contributed by atoms with Crippen LogP contribution in [0.1, 0.15) is 53.4 Å². The smallest absolute Gasteiger partial charge is 0.354 e. The Labute approximate surface area is 252 Å². The molecule has 0 amide bonds. The summed E-state index contributed by atoms with van der Waals surface area (Å²) in [5, 5.41) is 15.6. The highest BCUT2D eigenvalue weighted by atomic mass is 35.5. The lowest BCUT2D eigenvalue weighted by Crippen LogP contribution is -2.38. The van der Waals surface area contributed by atoms with Gasteiger partial charge in [0.05, 0.1) is 28.8 Å². The molecule has 4 aromatic rings. The lowest BCUT2D eigenvalue weighted by Gasteiger charge is -2.33. The fraction of sp³-hybridized carbons (Fsp3) is 0.355. The quantitative estimate of drug-likeness (QED) is 0.229. The van der Waals surface area contributed by atoms with Crippen LogP contribution in [0.5, 0.6) is 5.75 Å². The lowest BCUT2D eigenvalue weighted by atomic mass is 9.94. The number of aromatic nitrogens is 3. The first-order valence-electron chi connectivity index (χ1n) is 14.1. The highest BCUT2D eigenvalue weighted by Crippen LogP contribution is 2.46. The molecule has 5 heterocycles. The normalized spacial score (nSPS) is 18.1. The molecule has 3 fully saturated rings. The minimum absolute atomic E-state index is 0.0348. The zero-order valence-electron chi connectivity index (χ0n) is 22.6. The number of fused-ring (bicyclic) bond motifs is 1. The Morgan fingerprint density at radius 3 is 2.50 bits per heavy atom. The molecule has 1 aromatic carbocycles. The lowest BCUT2D eigenvalue weighted by molar-refractivity contribution is -0.0791. The molecule has 7 rings (SSSR count). The number of allylic oxidation sites excluding steroid dienone is 1. The third-order valence-electron chi connectivity index (χ3n) is 8.11. The number of halogens is 2. The number of nitrogens with zero attached hydrogens (tertiary/aromatic N) is 4. The van der Waals surface area contributed by atoms with E-state index in [1.807, 2.05) is 18.2 Å². The van der Waals surface area contributed by atoms with Crippen LogP contribution >= 0.6 is 23.2 Å². The molecular weight excluding hydrogens is 579 g/mol. The van der Waals surface area contributed by atoms with Gasteiger partial charge in [0, 0.05) is 59.7 Å². The van der Waals surface area contributed by atoms with E-state index in [0.717, 1.165) is 61.2 Å². The molecule has 0 unspecified atom stereocenters. The van der Waals surface area contributed by atoms with Gasteiger partial charge in [0.2, 0.25) is 0 Å². The van der Waals surface area contributed by atoms with Gasteiger partial charge in [-0.2, -0.15) is 0 Å². The third kappa shape index (κ3) is 5.32. The molecule has 0 radical (unpaired) electrons. The number of piperidine rings is 1. The average Bonchev–Trinajstić information content (AvgIpc) is 3.73. The second kappa shape index (κ2) is 11.2. The largest absolute Gasteiger partial charge is 0.485 e. The van der Waals surface area contributed by atoms with Crippen LogP contribution in [-0.4, -0.2) is 58.6 Å². The number of anilines is 1. The van der Waals surface area contributed by atoms with Gasteiger partial charge < -0.3 is 24.0 Å². The molecule has 0 spiro atoms.